The predicted octanol–water partition coefficient (Wildman–Crippen LogP) is 0.00510. The van der Waals surface area contributed by atoms with Gasteiger partial charge in [-0.3, -0.25) is 14.4 Å². The Morgan fingerprint density at radius 2 is 2.33 bits per heavy atom. The van der Waals surface area contributed by atoms with Crippen LogP contribution in [0.5, 0.6) is 0 Å². The van der Waals surface area contributed by atoms with Gasteiger partial charge in [-0.25, -0.2) is 0 Å². The Kier molecular flexibility index (Phi) is 5.08. The van der Waals surface area contributed by atoms with Crippen LogP contribution in [0.2, 0.25) is 0 Å². The van der Waals surface area contributed by atoms with E-state index in [-0.39, 0.29) is 18.4 Å². The fraction of sp³-hybridized carbons (Fsp3) is 0.643. The van der Waals surface area contributed by atoms with Crippen molar-refractivity contribution in [1.82, 2.24) is 24.8 Å². The van der Waals surface area contributed by atoms with Crippen molar-refractivity contribution in [3.63, 3.8) is 0 Å². The van der Waals surface area contributed by atoms with Gasteiger partial charge in [-0.05, 0) is 0 Å². The molecule has 0 bridgehead atoms. The van der Waals surface area contributed by atoms with Crippen molar-refractivity contribution in [3.05, 3.63) is 24.0 Å². The van der Waals surface area contributed by atoms with Crippen molar-refractivity contribution < 1.29 is 9.53 Å². The van der Waals surface area contributed by atoms with E-state index >= 15 is 0 Å². The molecule has 21 heavy (non-hydrogen) atoms. The molecule has 1 aliphatic rings. The fourth-order valence-corrected chi connectivity index (χ4v) is 2.57. The van der Waals surface area contributed by atoms with Crippen LogP contribution in [0.4, 0.5) is 0 Å². The van der Waals surface area contributed by atoms with Gasteiger partial charge in [0.25, 0.3) is 0 Å². The van der Waals surface area contributed by atoms with E-state index in [1.807, 2.05) is 17.8 Å². The number of aromatic nitrogens is 3. The first kappa shape index (κ1) is 15.7. The summed E-state index contributed by atoms with van der Waals surface area (Å²) in [5.74, 6) is 0.140. The van der Waals surface area contributed by atoms with Crippen LogP contribution in [0.1, 0.15) is 17.3 Å². The number of aryl methyl sites for hydroxylation is 1. The number of ether oxygens (including phenoxy) is 1. The first-order valence-electron chi connectivity index (χ1n) is 7.02. The van der Waals surface area contributed by atoms with Crippen LogP contribution in [0, 0.1) is 0 Å². The van der Waals surface area contributed by atoms with E-state index in [4.69, 9.17) is 4.74 Å². The van der Waals surface area contributed by atoms with Gasteiger partial charge >= 0.3 is 0 Å². The lowest BCUT2D eigenvalue weighted by Gasteiger charge is -2.31. The second kappa shape index (κ2) is 6.82. The minimum absolute atomic E-state index is 0.0305. The lowest BCUT2D eigenvalue weighted by Crippen LogP contribution is -2.37. The van der Waals surface area contributed by atoms with Crippen LogP contribution in [0.3, 0.4) is 0 Å². The molecule has 0 radical (unpaired) electrons. The lowest BCUT2D eigenvalue weighted by molar-refractivity contribution is -0.133. The predicted molar refractivity (Wildman–Crippen MR) is 78.7 cm³/mol. The molecule has 2 rings (SSSR count). The van der Waals surface area contributed by atoms with E-state index < -0.39 is 0 Å². The number of fused-ring (bicyclic) bond motifs is 1. The Morgan fingerprint density at radius 3 is 3.00 bits per heavy atom. The van der Waals surface area contributed by atoms with Crippen LogP contribution >= 0.6 is 0 Å². The molecular weight excluding hydrogens is 270 g/mol. The van der Waals surface area contributed by atoms with Crippen molar-refractivity contribution in [2.75, 3.05) is 40.4 Å². The molecule has 7 nitrogen and oxygen atoms in total. The Hall–Kier alpha value is -1.73. The lowest BCUT2D eigenvalue weighted by atomic mass is 9.99. The van der Waals surface area contributed by atoms with Gasteiger partial charge in [-0.2, -0.15) is 0 Å². The van der Waals surface area contributed by atoms with E-state index in [0.29, 0.717) is 6.61 Å². The Labute approximate surface area is 125 Å². The Bertz CT molecular complexity index is 511. The van der Waals surface area contributed by atoms with Crippen molar-refractivity contribution in [1.29, 1.82) is 0 Å². The number of amides is 1. The first-order valence-corrected chi connectivity index (χ1v) is 7.02. The molecule has 7 heteroatoms. The average molecular weight is 293 g/mol. The Morgan fingerprint density at radius 1 is 1.57 bits per heavy atom. The fourth-order valence-electron chi connectivity index (χ4n) is 2.57. The SMILES string of the molecule is C=CCN1Cc2nnn(C)c2[C@@H](COCC(=O)N(C)C)C1. The minimum atomic E-state index is -0.0305. The van der Waals surface area contributed by atoms with E-state index in [1.54, 1.807) is 14.1 Å². The molecule has 0 aromatic carbocycles. The van der Waals surface area contributed by atoms with Gasteiger partial charge in [0.2, 0.25) is 5.91 Å². The van der Waals surface area contributed by atoms with Crippen molar-refractivity contribution in [3.8, 4) is 0 Å². The van der Waals surface area contributed by atoms with Gasteiger partial charge in [0.1, 0.15) is 12.3 Å². The van der Waals surface area contributed by atoms with Gasteiger partial charge in [0, 0.05) is 46.7 Å². The van der Waals surface area contributed by atoms with Crippen LogP contribution in [0.25, 0.3) is 0 Å². The third-order valence-corrected chi connectivity index (χ3v) is 3.61. The summed E-state index contributed by atoms with van der Waals surface area (Å²) < 4.78 is 7.40. The molecule has 1 aliphatic heterocycles. The van der Waals surface area contributed by atoms with Gasteiger partial charge < -0.3 is 9.64 Å². The first-order chi connectivity index (χ1) is 10.0. The maximum atomic E-state index is 11.6. The highest BCUT2D eigenvalue weighted by atomic mass is 16.5. The summed E-state index contributed by atoms with van der Waals surface area (Å²) in [6, 6.07) is 0. The maximum Gasteiger partial charge on any atom is 0.248 e. The third-order valence-electron chi connectivity index (χ3n) is 3.61. The summed E-state index contributed by atoms with van der Waals surface area (Å²) in [6.07, 6.45) is 1.88. The molecule has 1 amide bonds. The number of carbonyl (C=O) groups excluding carboxylic acids is 1. The molecule has 0 aliphatic carbocycles. The number of hydrogen-bond donors (Lipinski definition) is 0. The molecule has 0 spiro atoms. The van der Waals surface area contributed by atoms with Crippen LogP contribution < -0.4 is 0 Å². The van der Waals surface area contributed by atoms with Gasteiger partial charge in [-0.1, -0.05) is 11.3 Å². The smallest absolute Gasteiger partial charge is 0.248 e. The summed E-state index contributed by atoms with van der Waals surface area (Å²) in [5, 5.41) is 8.31. The highest BCUT2D eigenvalue weighted by Gasteiger charge is 2.29. The second-order valence-electron chi connectivity index (χ2n) is 5.53. The number of hydrogen-bond acceptors (Lipinski definition) is 5. The quantitative estimate of drug-likeness (QED) is 0.691. The molecule has 1 aromatic heterocycles. The van der Waals surface area contributed by atoms with Gasteiger partial charge in [-0.15, -0.1) is 11.7 Å². The average Bonchev–Trinajstić information content (AvgIpc) is 2.80. The summed E-state index contributed by atoms with van der Waals surface area (Å²) >= 11 is 0. The highest BCUT2D eigenvalue weighted by molar-refractivity contribution is 5.76. The third kappa shape index (κ3) is 3.68. The molecule has 0 unspecified atom stereocenters. The van der Waals surface area contributed by atoms with Gasteiger partial charge in [0.15, 0.2) is 0 Å². The summed E-state index contributed by atoms with van der Waals surface area (Å²) in [5.41, 5.74) is 2.09. The molecule has 1 aromatic rings. The number of rotatable bonds is 6. The molecule has 0 N–H and O–H groups in total. The van der Waals surface area contributed by atoms with Crippen molar-refractivity contribution >= 4 is 5.91 Å². The zero-order valence-electron chi connectivity index (χ0n) is 12.9. The van der Waals surface area contributed by atoms with Crippen LogP contribution in [-0.4, -0.2) is 71.1 Å². The largest absolute Gasteiger partial charge is 0.371 e. The number of carbonyl (C=O) groups is 1. The molecular formula is C14H23N5O2. The molecule has 116 valence electrons. The molecule has 0 fully saturated rings. The number of nitrogens with zero attached hydrogens (tertiary/aromatic N) is 5. The van der Waals surface area contributed by atoms with Crippen molar-refractivity contribution in [2.24, 2.45) is 7.05 Å². The zero-order valence-corrected chi connectivity index (χ0v) is 12.9. The normalized spacial score (nSPS) is 18.3. The van der Waals surface area contributed by atoms with Gasteiger partial charge in [0.05, 0.1) is 12.3 Å². The molecule has 2 heterocycles. The molecule has 1 atom stereocenters. The molecule has 0 saturated carbocycles. The maximum absolute atomic E-state index is 11.6. The second-order valence-corrected chi connectivity index (χ2v) is 5.53. The Balaban J connectivity index is 2.01. The van der Waals surface area contributed by atoms with E-state index in [2.05, 4.69) is 21.8 Å². The summed E-state index contributed by atoms with van der Waals surface area (Å²) in [7, 11) is 5.34. The highest BCUT2D eigenvalue weighted by Crippen LogP contribution is 2.26. The number of likely N-dealkylation sites (N-methyl/N-ethyl adjacent to an activating group) is 1. The summed E-state index contributed by atoms with van der Waals surface area (Å²) in [6.45, 7) is 6.82. The summed E-state index contributed by atoms with van der Waals surface area (Å²) in [4.78, 5) is 15.3. The van der Waals surface area contributed by atoms with E-state index in [9.17, 15) is 4.79 Å². The van der Waals surface area contributed by atoms with Crippen LogP contribution in [-0.2, 0) is 23.1 Å². The standard InChI is InChI=1S/C14H23N5O2/c1-5-6-19-7-11(9-21-10-13(20)17(2)3)14-12(8-19)15-16-18(14)4/h5,11H,1,6-10H2,2-4H3/t11-/m1/s1. The van der Waals surface area contributed by atoms with Crippen LogP contribution in [0.15, 0.2) is 12.7 Å². The van der Waals surface area contributed by atoms with E-state index in [1.165, 1.54) is 4.90 Å². The zero-order chi connectivity index (χ0) is 15.4. The topological polar surface area (TPSA) is 63.5 Å². The minimum Gasteiger partial charge on any atom is -0.371 e. The monoisotopic (exact) mass is 293 g/mol. The van der Waals surface area contributed by atoms with Crippen molar-refractivity contribution in [2.45, 2.75) is 12.5 Å². The molecule has 0 saturated heterocycles. The van der Waals surface area contributed by atoms with E-state index in [0.717, 1.165) is 31.0 Å².